The predicted molar refractivity (Wildman–Crippen MR) is 82.3 cm³/mol. The SMILES string of the molecule is O=C(Cc1cn2ccsc2n1)NN=Cc1ccc(O)cc1O. The van der Waals surface area contributed by atoms with Gasteiger partial charge in [-0.3, -0.25) is 9.20 Å². The molecule has 22 heavy (non-hydrogen) atoms. The first-order chi connectivity index (χ1) is 10.6. The third-order valence-electron chi connectivity index (χ3n) is 2.89. The molecule has 7 nitrogen and oxygen atoms in total. The number of benzene rings is 1. The Hall–Kier alpha value is -2.87. The van der Waals surface area contributed by atoms with Gasteiger partial charge in [0.2, 0.25) is 5.91 Å². The number of carbonyl (C=O) groups is 1. The minimum atomic E-state index is -0.305. The van der Waals surface area contributed by atoms with Crippen LogP contribution in [0.2, 0.25) is 0 Å². The van der Waals surface area contributed by atoms with Crippen LogP contribution in [0.3, 0.4) is 0 Å². The first-order valence-electron chi connectivity index (χ1n) is 6.37. The number of fused-ring (bicyclic) bond motifs is 1. The Balaban J connectivity index is 1.59. The highest BCUT2D eigenvalue weighted by atomic mass is 32.1. The van der Waals surface area contributed by atoms with Crippen molar-refractivity contribution in [1.82, 2.24) is 14.8 Å². The van der Waals surface area contributed by atoms with Crippen LogP contribution in [-0.4, -0.2) is 31.7 Å². The number of phenolic OH excluding ortho intramolecular Hbond substituents is 2. The van der Waals surface area contributed by atoms with E-state index in [4.69, 9.17) is 0 Å². The number of phenols is 2. The number of hydrogen-bond acceptors (Lipinski definition) is 6. The summed E-state index contributed by atoms with van der Waals surface area (Å²) in [6, 6.07) is 4.10. The zero-order valence-corrected chi connectivity index (χ0v) is 12.1. The van der Waals surface area contributed by atoms with Gasteiger partial charge in [-0.05, 0) is 12.1 Å². The van der Waals surface area contributed by atoms with Crippen molar-refractivity contribution in [3.05, 3.63) is 47.2 Å². The fourth-order valence-electron chi connectivity index (χ4n) is 1.88. The molecular formula is C14H12N4O3S. The molecule has 0 aliphatic rings. The van der Waals surface area contributed by atoms with Gasteiger partial charge in [-0.2, -0.15) is 5.10 Å². The minimum absolute atomic E-state index is 0.0431. The van der Waals surface area contributed by atoms with Gasteiger partial charge in [-0.1, -0.05) is 0 Å². The summed E-state index contributed by atoms with van der Waals surface area (Å²) in [5.74, 6) is -0.467. The Bertz CT molecular complexity index is 824. The molecule has 0 fully saturated rings. The molecule has 1 amide bonds. The molecule has 3 aromatic rings. The number of rotatable bonds is 4. The molecule has 0 aliphatic heterocycles. The quantitative estimate of drug-likeness (QED) is 0.502. The number of carbonyl (C=O) groups excluding carboxylic acids is 1. The van der Waals surface area contributed by atoms with Crippen molar-refractivity contribution in [1.29, 1.82) is 0 Å². The lowest BCUT2D eigenvalue weighted by Gasteiger charge is -2.00. The molecule has 0 radical (unpaired) electrons. The van der Waals surface area contributed by atoms with Crippen molar-refractivity contribution in [2.45, 2.75) is 6.42 Å². The van der Waals surface area contributed by atoms with Crippen molar-refractivity contribution in [3.8, 4) is 11.5 Å². The first-order valence-corrected chi connectivity index (χ1v) is 7.25. The molecule has 0 spiro atoms. The van der Waals surface area contributed by atoms with E-state index in [0.29, 0.717) is 11.3 Å². The second-order valence-electron chi connectivity index (χ2n) is 4.54. The molecule has 112 valence electrons. The summed E-state index contributed by atoms with van der Waals surface area (Å²) >= 11 is 1.50. The second kappa shape index (κ2) is 5.86. The van der Waals surface area contributed by atoms with Gasteiger partial charge in [0.05, 0.1) is 18.3 Å². The Labute approximate surface area is 129 Å². The molecule has 0 bridgehead atoms. The lowest BCUT2D eigenvalue weighted by molar-refractivity contribution is -0.120. The largest absolute Gasteiger partial charge is 0.508 e. The highest BCUT2D eigenvalue weighted by Gasteiger charge is 2.07. The molecule has 3 rings (SSSR count). The zero-order valence-electron chi connectivity index (χ0n) is 11.3. The van der Waals surface area contributed by atoms with E-state index in [2.05, 4.69) is 15.5 Å². The van der Waals surface area contributed by atoms with Gasteiger partial charge in [0.15, 0.2) is 4.96 Å². The van der Waals surface area contributed by atoms with Crippen LogP contribution in [0.15, 0.2) is 41.1 Å². The Morgan fingerprint density at radius 2 is 2.32 bits per heavy atom. The van der Waals surface area contributed by atoms with Crippen molar-refractivity contribution in [2.75, 3.05) is 0 Å². The van der Waals surface area contributed by atoms with E-state index in [1.54, 1.807) is 6.20 Å². The predicted octanol–water partition coefficient (Wildman–Crippen LogP) is 1.50. The average Bonchev–Trinajstić information content (AvgIpc) is 3.02. The molecule has 2 heterocycles. The highest BCUT2D eigenvalue weighted by molar-refractivity contribution is 7.15. The maximum Gasteiger partial charge on any atom is 0.246 e. The molecule has 2 aromatic heterocycles. The first kappa shape index (κ1) is 14.1. The lowest BCUT2D eigenvalue weighted by atomic mass is 10.2. The van der Waals surface area contributed by atoms with E-state index in [0.717, 1.165) is 4.96 Å². The topological polar surface area (TPSA) is 99.2 Å². The van der Waals surface area contributed by atoms with Gasteiger partial charge in [0.1, 0.15) is 11.5 Å². The average molecular weight is 316 g/mol. The molecule has 8 heteroatoms. The van der Waals surface area contributed by atoms with Crippen LogP contribution in [0.5, 0.6) is 11.5 Å². The molecule has 1 aromatic carbocycles. The van der Waals surface area contributed by atoms with E-state index < -0.39 is 0 Å². The number of hydrogen-bond donors (Lipinski definition) is 3. The number of amides is 1. The standard InChI is InChI=1S/C14H12N4O3S/c19-11-2-1-9(12(20)6-11)7-15-17-13(21)5-10-8-18-3-4-22-14(18)16-10/h1-4,6-8,19-20H,5H2,(H,17,21). The summed E-state index contributed by atoms with van der Waals surface area (Å²) in [7, 11) is 0. The number of nitrogens with zero attached hydrogens (tertiary/aromatic N) is 3. The van der Waals surface area contributed by atoms with Crippen molar-refractivity contribution in [3.63, 3.8) is 0 Å². The number of aromatic hydroxyl groups is 2. The molecule has 0 saturated heterocycles. The molecule has 0 aliphatic carbocycles. The highest BCUT2D eigenvalue weighted by Crippen LogP contribution is 2.20. The minimum Gasteiger partial charge on any atom is -0.508 e. The van der Waals surface area contributed by atoms with E-state index in [1.165, 1.54) is 35.8 Å². The maximum absolute atomic E-state index is 11.8. The van der Waals surface area contributed by atoms with Gasteiger partial charge in [-0.15, -0.1) is 11.3 Å². The van der Waals surface area contributed by atoms with E-state index >= 15 is 0 Å². The van der Waals surface area contributed by atoms with E-state index in [-0.39, 0.29) is 23.8 Å². The zero-order chi connectivity index (χ0) is 15.5. The summed E-state index contributed by atoms with van der Waals surface area (Å²) in [5.41, 5.74) is 3.42. The molecule has 3 N–H and O–H groups in total. The number of aromatic nitrogens is 2. The van der Waals surface area contributed by atoms with Gasteiger partial charge < -0.3 is 10.2 Å². The Kier molecular flexibility index (Phi) is 3.75. The number of imidazole rings is 1. The van der Waals surface area contributed by atoms with Crippen LogP contribution in [0.4, 0.5) is 0 Å². The summed E-state index contributed by atoms with van der Waals surface area (Å²) in [4.78, 5) is 16.9. The Morgan fingerprint density at radius 1 is 1.45 bits per heavy atom. The van der Waals surface area contributed by atoms with Crippen LogP contribution >= 0.6 is 11.3 Å². The molecule has 0 saturated carbocycles. The van der Waals surface area contributed by atoms with Gasteiger partial charge >= 0.3 is 0 Å². The smallest absolute Gasteiger partial charge is 0.246 e. The Morgan fingerprint density at radius 3 is 3.09 bits per heavy atom. The number of nitrogens with one attached hydrogen (secondary N) is 1. The third-order valence-corrected chi connectivity index (χ3v) is 3.66. The fourth-order valence-corrected chi connectivity index (χ4v) is 2.60. The number of hydrazone groups is 1. The van der Waals surface area contributed by atoms with Gasteiger partial charge in [0, 0.05) is 29.4 Å². The van der Waals surface area contributed by atoms with Crippen molar-refractivity contribution in [2.24, 2.45) is 5.10 Å². The molecular weight excluding hydrogens is 304 g/mol. The third kappa shape index (κ3) is 3.07. The fraction of sp³-hybridized carbons (Fsp3) is 0.0714. The van der Waals surface area contributed by atoms with Crippen LogP contribution in [-0.2, 0) is 11.2 Å². The van der Waals surface area contributed by atoms with Crippen molar-refractivity contribution < 1.29 is 15.0 Å². The van der Waals surface area contributed by atoms with E-state index in [9.17, 15) is 15.0 Å². The van der Waals surface area contributed by atoms with Crippen molar-refractivity contribution >= 4 is 28.4 Å². The summed E-state index contributed by atoms with van der Waals surface area (Å²) in [6.45, 7) is 0. The maximum atomic E-state index is 11.8. The lowest BCUT2D eigenvalue weighted by Crippen LogP contribution is -2.19. The monoisotopic (exact) mass is 316 g/mol. The molecule has 0 unspecified atom stereocenters. The van der Waals surface area contributed by atoms with E-state index in [1.807, 2.05) is 16.0 Å². The molecule has 0 atom stereocenters. The number of thiazole rings is 1. The summed E-state index contributed by atoms with van der Waals surface area (Å²) in [6.07, 6.45) is 5.09. The normalized spacial score (nSPS) is 11.3. The van der Waals surface area contributed by atoms with Crippen LogP contribution in [0.25, 0.3) is 4.96 Å². The van der Waals surface area contributed by atoms with Crippen LogP contribution < -0.4 is 5.43 Å². The van der Waals surface area contributed by atoms with Crippen LogP contribution in [0, 0.1) is 0 Å². The summed E-state index contributed by atoms with van der Waals surface area (Å²) < 4.78 is 1.85. The van der Waals surface area contributed by atoms with Crippen LogP contribution in [0.1, 0.15) is 11.3 Å². The summed E-state index contributed by atoms with van der Waals surface area (Å²) in [5, 5.41) is 24.4. The van der Waals surface area contributed by atoms with Gasteiger partial charge in [0.25, 0.3) is 0 Å². The second-order valence-corrected chi connectivity index (χ2v) is 5.41. The van der Waals surface area contributed by atoms with Gasteiger partial charge in [-0.25, -0.2) is 10.4 Å².